The summed E-state index contributed by atoms with van der Waals surface area (Å²) in [5.74, 6) is -0.163. The van der Waals surface area contributed by atoms with E-state index in [1.165, 1.54) is 4.31 Å². The first kappa shape index (κ1) is 18.7. The molecular formula is C17H26N2O4S. The molecule has 1 unspecified atom stereocenters. The van der Waals surface area contributed by atoms with Crippen molar-refractivity contribution in [3.63, 3.8) is 0 Å². The summed E-state index contributed by atoms with van der Waals surface area (Å²) in [6, 6.07) is 5.60. The van der Waals surface area contributed by atoms with E-state index in [1.54, 1.807) is 6.07 Å². The Hall–Kier alpha value is -1.60. The van der Waals surface area contributed by atoms with Gasteiger partial charge in [-0.25, -0.2) is 8.42 Å². The lowest BCUT2D eigenvalue weighted by molar-refractivity contribution is -0.121. The summed E-state index contributed by atoms with van der Waals surface area (Å²) in [6.45, 7) is 5.19. The second-order valence-corrected chi connectivity index (χ2v) is 8.22. The average Bonchev–Trinajstić information content (AvgIpc) is 2.99. The van der Waals surface area contributed by atoms with Gasteiger partial charge in [-0.1, -0.05) is 17.7 Å². The van der Waals surface area contributed by atoms with Gasteiger partial charge in [0.1, 0.15) is 0 Å². The first-order chi connectivity index (χ1) is 11.3. The number of ether oxygens (including phenoxy) is 1. The van der Waals surface area contributed by atoms with Gasteiger partial charge in [0.15, 0.2) is 0 Å². The third kappa shape index (κ3) is 5.21. The Morgan fingerprint density at radius 3 is 2.71 bits per heavy atom. The van der Waals surface area contributed by atoms with Crippen LogP contribution in [0.1, 0.15) is 30.4 Å². The second kappa shape index (κ2) is 7.98. The van der Waals surface area contributed by atoms with Gasteiger partial charge in [0, 0.05) is 26.1 Å². The minimum absolute atomic E-state index is 0.0827. The van der Waals surface area contributed by atoms with E-state index in [-0.39, 0.29) is 25.0 Å². The van der Waals surface area contributed by atoms with E-state index in [4.69, 9.17) is 4.74 Å². The van der Waals surface area contributed by atoms with Crippen LogP contribution in [0.2, 0.25) is 0 Å². The molecule has 1 aromatic rings. The van der Waals surface area contributed by atoms with Crippen LogP contribution in [-0.2, 0) is 19.6 Å². The van der Waals surface area contributed by atoms with E-state index < -0.39 is 10.0 Å². The molecule has 1 N–H and O–H groups in total. The molecule has 134 valence electrons. The van der Waals surface area contributed by atoms with Gasteiger partial charge in [-0.05, 0) is 38.3 Å². The van der Waals surface area contributed by atoms with Crippen LogP contribution in [0, 0.1) is 13.8 Å². The Labute approximate surface area is 144 Å². The average molecular weight is 354 g/mol. The predicted octanol–water partition coefficient (Wildman–Crippen LogP) is 1.75. The van der Waals surface area contributed by atoms with Gasteiger partial charge < -0.3 is 10.1 Å². The highest BCUT2D eigenvalue weighted by Gasteiger charge is 2.21. The molecule has 1 aliphatic heterocycles. The van der Waals surface area contributed by atoms with Crippen molar-refractivity contribution in [1.82, 2.24) is 5.32 Å². The Bertz CT molecular complexity index is 682. The van der Waals surface area contributed by atoms with E-state index in [9.17, 15) is 13.2 Å². The zero-order valence-corrected chi connectivity index (χ0v) is 15.4. The number of hydrogen-bond acceptors (Lipinski definition) is 4. The lowest BCUT2D eigenvalue weighted by Gasteiger charge is -2.24. The summed E-state index contributed by atoms with van der Waals surface area (Å²) in [6.07, 6.45) is 3.34. The molecule has 0 saturated carbocycles. The summed E-state index contributed by atoms with van der Waals surface area (Å²) in [4.78, 5) is 12.0. The molecular weight excluding hydrogens is 328 g/mol. The highest BCUT2D eigenvalue weighted by Crippen LogP contribution is 2.23. The van der Waals surface area contributed by atoms with Crippen molar-refractivity contribution in [2.45, 2.75) is 39.2 Å². The smallest absolute Gasteiger partial charge is 0.232 e. The third-order valence-electron chi connectivity index (χ3n) is 4.11. The van der Waals surface area contributed by atoms with Crippen LogP contribution >= 0.6 is 0 Å². The molecule has 1 atom stereocenters. The lowest BCUT2D eigenvalue weighted by Crippen LogP contribution is -2.37. The molecule has 1 saturated heterocycles. The highest BCUT2D eigenvalue weighted by molar-refractivity contribution is 7.92. The molecule has 1 fully saturated rings. The molecule has 0 spiro atoms. The number of rotatable bonds is 7. The van der Waals surface area contributed by atoms with Crippen LogP contribution in [-0.4, -0.2) is 46.4 Å². The normalized spacial score (nSPS) is 17.7. The number of hydrogen-bond donors (Lipinski definition) is 1. The number of anilines is 1. The minimum atomic E-state index is -3.45. The van der Waals surface area contributed by atoms with Crippen molar-refractivity contribution >= 4 is 21.6 Å². The van der Waals surface area contributed by atoms with E-state index in [2.05, 4.69) is 5.32 Å². The first-order valence-corrected chi connectivity index (χ1v) is 10.1. The summed E-state index contributed by atoms with van der Waals surface area (Å²) in [5, 5.41) is 2.82. The fraction of sp³-hybridized carbons (Fsp3) is 0.588. The number of benzene rings is 1. The topological polar surface area (TPSA) is 75.7 Å². The molecule has 1 heterocycles. The van der Waals surface area contributed by atoms with Crippen LogP contribution in [0.15, 0.2) is 18.2 Å². The van der Waals surface area contributed by atoms with Crippen molar-refractivity contribution in [1.29, 1.82) is 0 Å². The van der Waals surface area contributed by atoms with E-state index >= 15 is 0 Å². The maximum atomic E-state index is 12.1. The highest BCUT2D eigenvalue weighted by atomic mass is 32.2. The largest absolute Gasteiger partial charge is 0.376 e. The van der Waals surface area contributed by atoms with Gasteiger partial charge in [0.05, 0.1) is 18.0 Å². The van der Waals surface area contributed by atoms with Gasteiger partial charge in [-0.15, -0.1) is 0 Å². The summed E-state index contributed by atoms with van der Waals surface area (Å²) >= 11 is 0. The fourth-order valence-electron chi connectivity index (χ4n) is 2.87. The predicted molar refractivity (Wildman–Crippen MR) is 94.7 cm³/mol. The fourth-order valence-corrected chi connectivity index (χ4v) is 3.86. The molecule has 6 nitrogen and oxygen atoms in total. The molecule has 1 aromatic carbocycles. The van der Waals surface area contributed by atoms with E-state index in [1.807, 2.05) is 26.0 Å². The van der Waals surface area contributed by atoms with Crippen molar-refractivity contribution < 1.29 is 17.9 Å². The molecule has 0 bridgehead atoms. The van der Waals surface area contributed by atoms with Crippen molar-refractivity contribution in [2.75, 3.05) is 30.3 Å². The maximum Gasteiger partial charge on any atom is 0.232 e. The van der Waals surface area contributed by atoms with Crippen molar-refractivity contribution in [3.8, 4) is 0 Å². The van der Waals surface area contributed by atoms with Gasteiger partial charge in [0.25, 0.3) is 0 Å². The van der Waals surface area contributed by atoms with Gasteiger partial charge in [0.2, 0.25) is 15.9 Å². The molecule has 1 aliphatic rings. The van der Waals surface area contributed by atoms with Crippen molar-refractivity contribution in [3.05, 3.63) is 29.3 Å². The number of nitrogens with one attached hydrogen (secondary N) is 1. The standard InChI is InChI=1S/C17H26N2O4S/c1-13-6-7-16(14(2)11-13)19(24(3,21)22)9-8-17(20)18-12-15-5-4-10-23-15/h6-7,11,15H,4-5,8-10,12H2,1-3H3,(H,18,20). The molecule has 0 aromatic heterocycles. The number of aryl methyl sites for hydroxylation is 2. The minimum Gasteiger partial charge on any atom is -0.376 e. The van der Waals surface area contributed by atoms with Gasteiger partial charge in [-0.2, -0.15) is 0 Å². The number of carbonyl (C=O) groups is 1. The monoisotopic (exact) mass is 354 g/mol. The second-order valence-electron chi connectivity index (χ2n) is 6.31. The van der Waals surface area contributed by atoms with Crippen LogP contribution in [0.25, 0.3) is 0 Å². The van der Waals surface area contributed by atoms with Crippen molar-refractivity contribution in [2.24, 2.45) is 0 Å². The lowest BCUT2D eigenvalue weighted by atomic mass is 10.1. The van der Waals surface area contributed by atoms with Crippen LogP contribution < -0.4 is 9.62 Å². The van der Waals surface area contributed by atoms with Gasteiger partial charge in [-0.3, -0.25) is 9.10 Å². The SMILES string of the molecule is Cc1ccc(N(CCC(=O)NCC2CCCO2)S(C)(=O)=O)c(C)c1. The van der Waals surface area contributed by atoms with Crippen LogP contribution in [0.4, 0.5) is 5.69 Å². The Balaban J connectivity index is 1.97. The maximum absolute atomic E-state index is 12.1. The molecule has 1 amide bonds. The molecule has 24 heavy (non-hydrogen) atoms. The molecule has 2 rings (SSSR count). The Kier molecular flexibility index (Phi) is 6.23. The van der Waals surface area contributed by atoms with E-state index in [0.29, 0.717) is 12.2 Å². The molecule has 7 heteroatoms. The Morgan fingerprint density at radius 1 is 1.38 bits per heavy atom. The number of nitrogens with zero attached hydrogens (tertiary/aromatic N) is 1. The summed E-state index contributed by atoms with van der Waals surface area (Å²) in [5.41, 5.74) is 2.56. The summed E-state index contributed by atoms with van der Waals surface area (Å²) in [7, 11) is -3.45. The number of carbonyl (C=O) groups excluding carboxylic acids is 1. The van der Waals surface area contributed by atoms with Crippen LogP contribution in [0.3, 0.4) is 0 Å². The quantitative estimate of drug-likeness (QED) is 0.809. The molecule has 0 radical (unpaired) electrons. The zero-order valence-electron chi connectivity index (χ0n) is 14.5. The summed E-state index contributed by atoms with van der Waals surface area (Å²) < 4.78 is 31.0. The van der Waals surface area contributed by atoms with E-state index in [0.717, 1.165) is 36.8 Å². The number of sulfonamides is 1. The zero-order chi connectivity index (χ0) is 17.7. The number of amides is 1. The first-order valence-electron chi connectivity index (χ1n) is 8.20. The third-order valence-corrected chi connectivity index (χ3v) is 5.29. The van der Waals surface area contributed by atoms with Gasteiger partial charge >= 0.3 is 0 Å². The molecule has 0 aliphatic carbocycles. The Morgan fingerprint density at radius 2 is 2.12 bits per heavy atom. The van der Waals surface area contributed by atoms with Crippen LogP contribution in [0.5, 0.6) is 0 Å².